The molecule has 0 N–H and O–H groups in total. The van der Waals surface area contributed by atoms with Gasteiger partial charge in [-0.1, -0.05) is 170 Å². The molecule has 11 aromatic rings. The minimum atomic E-state index is -0.437. The Morgan fingerprint density at radius 2 is 0.875 bits per heavy atom. The molecule has 0 unspecified atom stereocenters. The summed E-state index contributed by atoms with van der Waals surface area (Å²) in [7, 11) is 0. The molecule has 0 aliphatic carbocycles. The molecule has 5 nitrogen and oxygen atoms in total. The van der Waals surface area contributed by atoms with Gasteiger partial charge in [0.05, 0.1) is 28.9 Å². The normalized spacial score (nSPS) is 12.8. The second-order valence-electron chi connectivity index (χ2n) is 13.7. The molecule has 8 aromatic carbocycles. The van der Waals surface area contributed by atoms with Crippen molar-refractivity contribution < 1.29 is 6.85 Å². The van der Waals surface area contributed by atoms with Gasteiger partial charge in [0, 0.05) is 38.4 Å². The molecule has 0 aliphatic rings. The summed E-state index contributed by atoms with van der Waals surface area (Å²) in [5.41, 5.74) is 9.15. The topological polar surface area (TPSA) is 48.5 Å². The Morgan fingerprint density at radius 3 is 1.57 bits per heavy atom. The first-order valence-corrected chi connectivity index (χ1v) is 18.5. The van der Waals surface area contributed by atoms with Crippen LogP contribution in [-0.4, -0.2) is 24.1 Å². The van der Waals surface area contributed by atoms with E-state index in [-0.39, 0.29) is 17.6 Å². The summed E-state index contributed by atoms with van der Waals surface area (Å²) >= 11 is 0. The molecule has 0 fully saturated rings. The Morgan fingerprint density at radius 1 is 0.357 bits per heavy atom. The van der Waals surface area contributed by atoms with E-state index in [9.17, 15) is 0 Å². The summed E-state index contributed by atoms with van der Waals surface area (Å²) in [5, 5.41) is 4.28. The van der Waals surface area contributed by atoms with E-state index >= 15 is 0 Å². The predicted molar refractivity (Wildman–Crippen MR) is 230 cm³/mol. The fourth-order valence-electron chi connectivity index (χ4n) is 7.95. The molecule has 0 bridgehead atoms. The zero-order valence-electron chi connectivity index (χ0n) is 34.9. The molecule has 3 aromatic heterocycles. The average molecular weight is 721 g/mol. The van der Waals surface area contributed by atoms with Crippen molar-refractivity contribution in [3.05, 3.63) is 200 Å². The molecular weight excluding hydrogens is 683 g/mol. The monoisotopic (exact) mass is 720 g/mol. The van der Waals surface area contributed by atoms with Crippen LogP contribution < -0.4 is 0 Å². The van der Waals surface area contributed by atoms with E-state index in [1.807, 2.05) is 54.6 Å². The lowest BCUT2D eigenvalue weighted by molar-refractivity contribution is 0.953. The molecule has 0 spiro atoms. The number of para-hydroxylation sites is 2. The van der Waals surface area contributed by atoms with E-state index in [1.165, 1.54) is 0 Å². The lowest BCUT2D eigenvalue weighted by Gasteiger charge is -2.14. The average Bonchev–Trinajstić information content (AvgIpc) is 3.84. The van der Waals surface area contributed by atoms with Gasteiger partial charge in [-0.3, -0.25) is 4.57 Å². The number of benzene rings is 8. The van der Waals surface area contributed by atoms with Gasteiger partial charge in [0.25, 0.3) is 0 Å². The van der Waals surface area contributed by atoms with Crippen LogP contribution in [0.15, 0.2) is 200 Å². The smallest absolute Gasteiger partial charge is 0.238 e. The van der Waals surface area contributed by atoms with Gasteiger partial charge in [0.1, 0.15) is 0 Å². The van der Waals surface area contributed by atoms with Gasteiger partial charge >= 0.3 is 0 Å². The SMILES string of the molecule is [2H]c1c([2H])c([2H])c(-c2cccc(-c3nc(-c4ccccc4)nc(-n4c5ccccc5c5ccc6c7ccccc7n(-c7cccc(-c8ccccc8)c7)c6c54)n3)c2)c([2H])c1[2H]. The molecule has 11 rings (SSSR count). The number of fused-ring (bicyclic) bond motifs is 7. The van der Waals surface area contributed by atoms with Crippen molar-refractivity contribution in [1.82, 2.24) is 24.1 Å². The van der Waals surface area contributed by atoms with Gasteiger partial charge in [-0.2, -0.15) is 9.97 Å². The molecule has 0 amide bonds. The lowest BCUT2D eigenvalue weighted by atomic mass is 10.0. The summed E-state index contributed by atoms with van der Waals surface area (Å²) < 4.78 is 46.7. The highest BCUT2D eigenvalue weighted by molar-refractivity contribution is 6.23. The zero-order chi connectivity index (χ0) is 41.4. The van der Waals surface area contributed by atoms with Crippen molar-refractivity contribution in [3.8, 4) is 56.7 Å². The zero-order valence-corrected chi connectivity index (χ0v) is 29.9. The van der Waals surface area contributed by atoms with Crippen LogP contribution in [0.3, 0.4) is 0 Å². The largest absolute Gasteiger partial charge is 0.307 e. The first kappa shape index (κ1) is 27.0. The number of nitrogens with zero attached hydrogens (tertiary/aromatic N) is 5. The summed E-state index contributed by atoms with van der Waals surface area (Å²) in [6.45, 7) is 0. The highest BCUT2D eigenvalue weighted by Crippen LogP contribution is 2.42. The third-order valence-corrected chi connectivity index (χ3v) is 10.4. The molecule has 0 saturated carbocycles. The molecule has 5 heteroatoms. The maximum atomic E-state index is 8.70. The van der Waals surface area contributed by atoms with Crippen molar-refractivity contribution in [2.75, 3.05) is 0 Å². The summed E-state index contributed by atoms with van der Waals surface area (Å²) in [6, 6.07) is 55.4. The van der Waals surface area contributed by atoms with Crippen LogP contribution in [-0.2, 0) is 0 Å². The third kappa shape index (κ3) is 5.21. The molecular formula is C51H33N5. The number of aromatic nitrogens is 5. The molecule has 0 aliphatic heterocycles. The molecule has 0 atom stereocenters. The highest BCUT2D eigenvalue weighted by atomic mass is 15.2. The maximum Gasteiger partial charge on any atom is 0.238 e. The number of hydrogen-bond donors (Lipinski definition) is 0. The van der Waals surface area contributed by atoms with Crippen LogP contribution in [0, 0.1) is 0 Å². The number of hydrogen-bond acceptors (Lipinski definition) is 3. The first-order valence-electron chi connectivity index (χ1n) is 21.0. The Kier molecular flexibility index (Phi) is 6.29. The molecule has 56 heavy (non-hydrogen) atoms. The van der Waals surface area contributed by atoms with E-state index in [2.05, 4.69) is 106 Å². The second kappa shape index (κ2) is 13.0. The minimum Gasteiger partial charge on any atom is -0.307 e. The quantitative estimate of drug-likeness (QED) is 0.172. The Labute approximate surface area is 330 Å². The van der Waals surface area contributed by atoms with Crippen LogP contribution in [0.1, 0.15) is 6.85 Å². The van der Waals surface area contributed by atoms with Crippen LogP contribution in [0.5, 0.6) is 0 Å². The van der Waals surface area contributed by atoms with Crippen LogP contribution in [0.2, 0.25) is 0 Å². The van der Waals surface area contributed by atoms with E-state index in [4.69, 9.17) is 21.8 Å². The maximum absolute atomic E-state index is 8.70. The van der Waals surface area contributed by atoms with Gasteiger partial charge < -0.3 is 4.57 Å². The Hall–Kier alpha value is -7.63. The van der Waals surface area contributed by atoms with Gasteiger partial charge in [-0.05, 0) is 52.6 Å². The fourth-order valence-corrected chi connectivity index (χ4v) is 7.95. The third-order valence-electron chi connectivity index (χ3n) is 10.4. The van der Waals surface area contributed by atoms with Crippen molar-refractivity contribution in [1.29, 1.82) is 0 Å². The number of rotatable bonds is 6. The van der Waals surface area contributed by atoms with E-state index in [0.29, 0.717) is 28.7 Å². The summed E-state index contributed by atoms with van der Waals surface area (Å²) in [4.78, 5) is 15.5. The van der Waals surface area contributed by atoms with E-state index in [1.54, 1.807) is 18.2 Å². The molecule has 0 saturated heterocycles. The van der Waals surface area contributed by atoms with Crippen molar-refractivity contribution >= 4 is 43.6 Å². The van der Waals surface area contributed by atoms with Crippen LogP contribution in [0.4, 0.5) is 0 Å². The van der Waals surface area contributed by atoms with E-state index < -0.39 is 18.1 Å². The molecule has 3 heterocycles. The van der Waals surface area contributed by atoms with Crippen molar-refractivity contribution in [2.24, 2.45) is 0 Å². The standard InChI is InChI=1S/C51H33N5/c1-4-16-34(17-5-1)37-22-14-24-39(32-37)50-52-49(36-20-8-3-9-21-36)53-51(54-50)56-46-29-13-11-27-42(46)44-31-30-43-41-26-10-12-28-45(41)55(47(43)48(44)56)40-25-15-23-38(33-40)35-18-6-2-7-19-35/h1-33H/i1D,4D,5D,16D,17D. The van der Waals surface area contributed by atoms with Gasteiger partial charge in [-0.25, -0.2) is 4.98 Å². The fraction of sp³-hybridized carbons (Fsp3) is 0. The Bertz CT molecular complexity index is 3520. The summed E-state index contributed by atoms with van der Waals surface area (Å²) in [5.74, 6) is 1.24. The lowest BCUT2D eigenvalue weighted by Crippen LogP contribution is -2.07. The van der Waals surface area contributed by atoms with Gasteiger partial charge in [0.15, 0.2) is 11.6 Å². The van der Waals surface area contributed by atoms with Crippen LogP contribution in [0.25, 0.3) is 100 Å². The summed E-state index contributed by atoms with van der Waals surface area (Å²) in [6.07, 6.45) is 0. The minimum absolute atomic E-state index is 0.111. The highest BCUT2D eigenvalue weighted by Gasteiger charge is 2.23. The van der Waals surface area contributed by atoms with Gasteiger partial charge in [0.2, 0.25) is 5.95 Å². The second-order valence-corrected chi connectivity index (χ2v) is 13.7. The Balaban J connectivity index is 1.22. The predicted octanol–water partition coefficient (Wildman–Crippen LogP) is 12.7. The molecule has 262 valence electrons. The van der Waals surface area contributed by atoms with Crippen molar-refractivity contribution in [3.63, 3.8) is 0 Å². The van der Waals surface area contributed by atoms with Gasteiger partial charge in [-0.15, -0.1) is 0 Å². The van der Waals surface area contributed by atoms with Crippen molar-refractivity contribution in [2.45, 2.75) is 0 Å². The van der Waals surface area contributed by atoms with Crippen LogP contribution >= 0.6 is 0 Å². The van der Waals surface area contributed by atoms with E-state index in [0.717, 1.165) is 66.0 Å². The first-order chi connectivity index (χ1) is 29.9. The molecule has 0 radical (unpaired) electrons.